The van der Waals surface area contributed by atoms with E-state index in [-0.39, 0.29) is 0 Å². The summed E-state index contributed by atoms with van der Waals surface area (Å²) in [4.78, 5) is 0. The largest absolute Gasteiger partial charge is 0.399 e. The number of hydrogen-bond acceptors (Lipinski definition) is 3. The molecule has 0 atom stereocenters. The second-order valence-electron chi connectivity index (χ2n) is 2.39. The van der Waals surface area contributed by atoms with Gasteiger partial charge < -0.3 is 11.5 Å². The fourth-order valence-electron chi connectivity index (χ4n) is 0.876. The number of hydrogen-bond donors (Lipinski definition) is 2. The van der Waals surface area contributed by atoms with Gasteiger partial charge in [0.2, 0.25) is 0 Å². The number of nitrogens with zero attached hydrogens (tertiary/aromatic N) is 1. The third-order valence-electron chi connectivity index (χ3n) is 1.59. The zero-order chi connectivity index (χ0) is 8.43. The summed E-state index contributed by atoms with van der Waals surface area (Å²) >= 11 is 0. The Morgan fingerprint density at radius 3 is 2.55 bits per heavy atom. The monoisotopic (exact) mass is 147 g/mol. The van der Waals surface area contributed by atoms with Crippen LogP contribution in [0, 0.1) is 18.3 Å². The molecule has 0 heterocycles. The molecule has 0 radical (unpaired) electrons. The third kappa shape index (κ3) is 1.24. The summed E-state index contributed by atoms with van der Waals surface area (Å²) in [7, 11) is 0. The van der Waals surface area contributed by atoms with Gasteiger partial charge >= 0.3 is 0 Å². The van der Waals surface area contributed by atoms with Crippen molar-refractivity contribution in [1.82, 2.24) is 0 Å². The average molecular weight is 147 g/mol. The third-order valence-corrected chi connectivity index (χ3v) is 1.59. The van der Waals surface area contributed by atoms with E-state index < -0.39 is 0 Å². The first-order valence-electron chi connectivity index (χ1n) is 3.21. The summed E-state index contributed by atoms with van der Waals surface area (Å²) in [5, 5.41) is 8.61. The van der Waals surface area contributed by atoms with Crippen LogP contribution >= 0.6 is 0 Å². The molecule has 0 aliphatic carbocycles. The SMILES string of the molecule is Cc1c(N)cc(N)cc1C#N. The molecule has 0 fully saturated rings. The standard InChI is InChI=1S/C8H9N3/c1-5-6(4-9)2-7(10)3-8(5)11/h2-3H,10-11H2,1H3. The first kappa shape index (κ1) is 7.42. The van der Waals surface area contributed by atoms with Gasteiger partial charge in [-0.1, -0.05) is 0 Å². The molecule has 0 aromatic heterocycles. The summed E-state index contributed by atoms with van der Waals surface area (Å²) in [5.41, 5.74) is 13.5. The molecule has 11 heavy (non-hydrogen) atoms. The van der Waals surface area contributed by atoms with Crippen molar-refractivity contribution in [2.75, 3.05) is 11.5 Å². The van der Waals surface area contributed by atoms with E-state index in [2.05, 4.69) is 0 Å². The Labute approximate surface area is 65.2 Å². The lowest BCUT2D eigenvalue weighted by Crippen LogP contribution is -1.95. The highest BCUT2D eigenvalue weighted by atomic mass is 14.6. The number of nitrogens with two attached hydrogens (primary N) is 2. The van der Waals surface area contributed by atoms with E-state index in [1.165, 1.54) is 0 Å². The quantitative estimate of drug-likeness (QED) is 0.538. The molecule has 0 spiro atoms. The lowest BCUT2D eigenvalue weighted by atomic mass is 10.1. The first-order chi connectivity index (χ1) is 5.15. The maximum absolute atomic E-state index is 8.61. The smallest absolute Gasteiger partial charge is 0.0995 e. The lowest BCUT2D eigenvalue weighted by Gasteiger charge is -2.02. The minimum absolute atomic E-state index is 0.532. The fraction of sp³-hybridized carbons (Fsp3) is 0.125. The predicted molar refractivity (Wildman–Crippen MR) is 44.7 cm³/mol. The molecule has 3 heteroatoms. The molecule has 0 aliphatic rings. The van der Waals surface area contributed by atoms with E-state index >= 15 is 0 Å². The van der Waals surface area contributed by atoms with Crippen LogP contribution in [-0.4, -0.2) is 0 Å². The molecule has 3 nitrogen and oxygen atoms in total. The topological polar surface area (TPSA) is 75.8 Å². The molecule has 4 N–H and O–H groups in total. The van der Waals surface area contributed by atoms with E-state index in [1.807, 2.05) is 6.07 Å². The highest BCUT2D eigenvalue weighted by molar-refractivity contribution is 5.62. The number of benzene rings is 1. The molecule has 1 aromatic carbocycles. The minimum Gasteiger partial charge on any atom is -0.399 e. The highest BCUT2D eigenvalue weighted by Gasteiger charge is 2.01. The Kier molecular flexibility index (Phi) is 1.69. The maximum atomic E-state index is 8.61. The van der Waals surface area contributed by atoms with Crippen molar-refractivity contribution >= 4 is 11.4 Å². The van der Waals surface area contributed by atoms with Gasteiger partial charge in [-0.15, -0.1) is 0 Å². The van der Waals surface area contributed by atoms with Crippen LogP contribution in [0.25, 0.3) is 0 Å². The van der Waals surface area contributed by atoms with Gasteiger partial charge in [0.25, 0.3) is 0 Å². The average Bonchev–Trinajstić information content (AvgIpc) is 1.96. The van der Waals surface area contributed by atoms with E-state index in [0.29, 0.717) is 16.9 Å². The Morgan fingerprint density at radius 1 is 1.36 bits per heavy atom. The molecule has 56 valence electrons. The van der Waals surface area contributed by atoms with Gasteiger partial charge in [-0.2, -0.15) is 5.26 Å². The number of nitriles is 1. The summed E-state index contributed by atoms with van der Waals surface area (Å²) in [5.74, 6) is 0. The Morgan fingerprint density at radius 2 is 2.00 bits per heavy atom. The maximum Gasteiger partial charge on any atom is 0.0995 e. The van der Waals surface area contributed by atoms with Gasteiger partial charge in [0.05, 0.1) is 11.6 Å². The van der Waals surface area contributed by atoms with Crippen LogP contribution in [0.15, 0.2) is 12.1 Å². The van der Waals surface area contributed by atoms with Crippen LogP contribution in [-0.2, 0) is 0 Å². The molecular formula is C8H9N3. The number of rotatable bonds is 0. The molecule has 0 aliphatic heterocycles. The van der Waals surface area contributed by atoms with E-state index in [0.717, 1.165) is 5.56 Å². The zero-order valence-corrected chi connectivity index (χ0v) is 6.26. The highest BCUT2D eigenvalue weighted by Crippen LogP contribution is 2.19. The van der Waals surface area contributed by atoms with Gasteiger partial charge in [-0.3, -0.25) is 0 Å². The Balaban J connectivity index is 3.39. The Bertz CT molecular complexity index is 323. The van der Waals surface area contributed by atoms with Crippen LogP contribution in [0.5, 0.6) is 0 Å². The molecule has 1 rings (SSSR count). The van der Waals surface area contributed by atoms with Gasteiger partial charge in [0, 0.05) is 11.4 Å². The van der Waals surface area contributed by atoms with E-state index in [4.69, 9.17) is 16.7 Å². The number of nitrogen functional groups attached to an aromatic ring is 2. The molecule has 0 amide bonds. The van der Waals surface area contributed by atoms with E-state index in [1.54, 1.807) is 19.1 Å². The van der Waals surface area contributed by atoms with Gasteiger partial charge in [-0.05, 0) is 24.6 Å². The van der Waals surface area contributed by atoms with Crippen molar-refractivity contribution in [3.05, 3.63) is 23.3 Å². The molecule has 0 saturated heterocycles. The Hall–Kier alpha value is -1.69. The normalized spacial score (nSPS) is 9.09. The molecule has 0 unspecified atom stereocenters. The van der Waals surface area contributed by atoms with Crippen LogP contribution < -0.4 is 11.5 Å². The molecular weight excluding hydrogens is 138 g/mol. The second-order valence-corrected chi connectivity index (χ2v) is 2.39. The van der Waals surface area contributed by atoms with Crippen molar-refractivity contribution < 1.29 is 0 Å². The predicted octanol–water partition coefficient (Wildman–Crippen LogP) is 1.03. The van der Waals surface area contributed by atoms with Crippen molar-refractivity contribution in [3.63, 3.8) is 0 Å². The summed E-state index contributed by atoms with van der Waals surface area (Å²) < 4.78 is 0. The van der Waals surface area contributed by atoms with Crippen LogP contribution in [0.1, 0.15) is 11.1 Å². The lowest BCUT2D eigenvalue weighted by molar-refractivity contribution is 1.40. The first-order valence-corrected chi connectivity index (χ1v) is 3.21. The molecule has 1 aromatic rings. The summed E-state index contributed by atoms with van der Waals surface area (Å²) in [6.45, 7) is 1.80. The van der Waals surface area contributed by atoms with Crippen LogP contribution in [0.4, 0.5) is 11.4 Å². The number of anilines is 2. The van der Waals surface area contributed by atoms with Gasteiger partial charge in [0.15, 0.2) is 0 Å². The van der Waals surface area contributed by atoms with Crippen molar-refractivity contribution in [1.29, 1.82) is 5.26 Å². The van der Waals surface area contributed by atoms with Gasteiger partial charge in [0.1, 0.15) is 0 Å². The summed E-state index contributed by atoms with van der Waals surface area (Å²) in [6.07, 6.45) is 0. The van der Waals surface area contributed by atoms with Crippen LogP contribution in [0.2, 0.25) is 0 Å². The fourth-order valence-corrected chi connectivity index (χ4v) is 0.876. The zero-order valence-electron chi connectivity index (χ0n) is 6.26. The van der Waals surface area contributed by atoms with Crippen molar-refractivity contribution in [2.45, 2.75) is 6.92 Å². The van der Waals surface area contributed by atoms with Crippen molar-refractivity contribution in [3.8, 4) is 6.07 Å². The second kappa shape index (κ2) is 2.51. The molecule has 0 saturated carbocycles. The van der Waals surface area contributed by atoms with E-state index in [9.17, 15) is 0 Å². The molecule has 0 bridgehead atoms. The van der Waals surface area contributed by atoms with Crippen molar-refractivity contribution in [2.24, 2.45) is 0 Å². The minimum atomic E-state index is 0.532. The van der Waals surface area contributed by atoms with Crippen LogP contribution in [0.3, 0.4) is 0 Å². The van der Waals surface area contributed by atoms with Gasteiger partial charge in [-0.25, -0.2) is 0 Å². The summed E-state index contributed by atoms with van der Waals surface area (Å²) in [6, 6.07) is 5.28.